The number of nitro groups is 1. The van der Waals surface area contributed by atoms with Gasteiger partial charge in [0.05, 0.1) is 9.95 Å². The number of nitro benzene ring substituents is 1. The van der Waals surface area contributed by atoms with E-state index in [1.807, 2.05) is 6.92 Å². The summed E-state index contributed by atoms with van der Waals surface area (Å²) in [6.45, 7) is 1.96. The molecule has 1 N–H and O–H groups in total. The van der Waals surface area contributed by atoms with Crippen LogP contribution in [0, 0.1) is 22.5 Å². The van der Waals surface area contributed by atoms with E-state index in [2.05, 4.69) is 11.2 Å². The van der Waals surface area contributed by atoms with Crippen LogP contribution >= 0.6 is 11.6 Å². The molecule has 0 aliphatic rings. The fraction of sp³-hybridized carbons (Fsp3) is 0.333. The first-order chi connectivity index (χ1) is 8.10. The van der Waals surface area contributed by atoms with Crippen LogP contribution in [0.2, 0.25) is 5.02 Å². The zero-order valence-electron chi connectivity index (χ0n) is 9.44. The number of hydrogen-bond donors (Lipinski definition) is 1. The molecule has 17 heavy (non-hydrogen) atoms. The van der Waals surface area contributed by atoms with Gasteiger partial charge in [0.15, 0.2) is 0 Å². The summed E-state index contributed by atoms with van der Waals surface area (Å²) in [4.78, 5) is 10.4. The molecule has 0 spiro atoms. The van der Waals surface area contributed by atoms with Crippen molar-refractivity contribution in [3.63, 3.8) is 0 Å². The minimum Gasteiger partial charge on any atom is -0.375 e. The standard InChI is InChI=1S/C12H13ClN2O2/c1-3-6-9(4-2)14-12-10(13)7-5-8-11(12)15(16)17/h1,5,7-9,14H,4,6H2,2H3. The Morgan fingerprint density at radius 1 is 1.65 bits per heavy atom. The second kappa shape index (κ2) is 6.12. The van der Waals surface area contributed by atoms with E-state index < -0.39 is 4.92 Å². The van der Waals surface area contributed by atoms with Crippen molar-refractivity contribution in [2.45, 2.75) is 25.8 Å². The normalized spacial score (nSPS) is 11.6. The fourth-order valence-corrected chi connectivity index (χ4v) is 1.68. The lowest BCUT2D eigenvalue weighted by molar-refractivity contribution is -0.384. The van der Waals surface area contributed by atoms with Crippen molar-refractivity contribution in [2.75, 3.05) is 5.32 Å². The molecule has 1 atom stereocenters. The van der Waals surface area contributed by atoms with Crippen LogP contribution in [0.4, 0.5) is 11.4 Å². The summed E-state index contributed by atoms with van der Waals surface area (Å²) in [6, 6.07) is 4.56. The highest BCUT2D eigenvalue weighted by Gasteiger charge is 2.18. The maximum atomic E-state index is 10.9. The smallest absolute Gasteiger partial charge is 0.293 e. The Balaban J connectivity index is 3.04. The second-order valence-corrected chi connectivity index (χ2v) is 3.96. The summed E-state index contributed by atoms with van der Waals surface area (Å²) in [5, 5.41) is 14.2. The molecule has 0 aliphatic heterocycles. The number of terminal acetylenes is 1. The molecule has 4 nitrogen and oxygen atoms in total. The van der Waals surface area contributed by atoms with Crippen LogP contribution in [-0.4, -0.2) is 11.0 Å². The Morgan fingerprint density at radius 2 is 2.35 bits per heavy atom. The molecule has 1 aromatic carbocycles. The highest BCUT2D eigenvalue weighted by molar-refractivity contribution is 6.33. The Labute approximate surface area is 105 Å². The van der Waals surface area contributed by atoms with Gasteiger partial charge in [0.2, 0.25) is 0 Å². The van der Waals surface area contributed by atoms with Crippen LogP contribution in [0.25, 0.3) is 0 Å². The first kappa shape index (κ1) is 13.3. The minimum absolute atomic E-state index is 0.0152. The summed E-state index contributed by atoms with van der Waals surface area (Å²) < 4.78 is 0. The van der Waals surface area contributed by atoms with Gasteiger partial charge < -0.3 is 5.32 Å². The third-order valence-electron chi connectivity index (χ3n) is 2.39. The highest BCUT2D eigenvalue weighted by atomic mass is 35.5. The predicted molar refractivity (Wildman–Crippen MR) is 69.3 cm³/mol. The molecule has 0 aromatic heterocycles. The molecule has 1 rings (SSSR count). The Hall–Kier alpha value is -1.73. The average molecular weight is 253 g/mol. The number of benzene rings is 1. The molecule has 5 heteroatoms. The maximum absolute atomic E-state index is 10.9. The van der Waals surface area contributed by atoms with Crippen molar-refractivity contribution in [1.82, 2.24) is 0 Å². The van der Waals surface area contributed by atoms with Crippen LogP contribution in [0.1, 0.15) is 19.8 Å². The van der Waals surface area contributed by atoms with E-state index in [9.17, 15) is 10.1 Å². The first-order valence-electron chi connectivity index (χ1n) is 5.23. The molecule has 0 saturated carbocycles. The van der Waals surface area contributed by atoms with Crippen LogP contribution in [0.5, 0.6) is 0 Å². The van der Waals surface area contributed by atoms with Crippen LogP contribution < -0.4 is 5.32 Å². The van der Waals surface area contributed by atoms with Crippen LogP contribution in [-0.2, 0) is 0 Å². The molecule has 0 radical (unpaired) electrons. The number of halogens is 1. The molecular weight excluding hydrogens is 240 g/mol. The number of anilines is 1. The minimum atomic E-state index is -0.462. The van der Waals surface area contributed by atoms with Crippen LogP contribution in [0.15, 0.2) is 18.2 Å². The molecule has 90 valence electrons. The lowest BCUT2D eigenvalue weighted by atomic mass is 10.1. The molecular formula is C12H13ClN2O2. The fourth-order valence-electron chi connectivity index (χ4n) is 1.45. The van der Waals surface area contributed by atoms with Gasteiger partial charge in [-0.05, 0) is 12.5 Å². The van der Waals surface area contributed by atoms with Gasteiger partial charge in [0, 0.05) is 18.5 Å². The Morgan fingerprint density at radius 3 is 2.88 bits per heavy atom. The van der Waals surface area contributed by atoms with Crippen molar-refractivity contribution >= 4 is 23.0 Å². The third kappa shape index (κ3) is 3.36. The lowest BCUT2D eigenvalue weighted by Gasteiger charge is -2.16. The van der Waals surface area contributed by atoms with E-state index in [-0.39, 0.29) is 11.7 Å². The summed E-state index contributed by atoms with van der Waals surface area (Å²) in [7, 11) is 0. The number of nitrogens with one attached hydrogen (secondary N) is 1. The molecule has 0 saturated heterocycles. The van der Waals surface area contributed by atoms with E-state index in [0.717, 1.165) is 6.42 Å². The monoisotopic (exact) mass is 252 g/mol. The molecule has 0 heterocycles. The quantitative estimate of drug-likeness (QED) is 0.496. The Bertz CT molecular complexity index is 454. The lowest BCUT2D eigenvalue weighted by Crippen LogP contribution is -2.18. The summed E-state index contributed by atoms with van der Waals surface area (Å²) >= 11 is 5.96. The molecule has 0 amide bonds. The number of para-hydroxylation sites is 1. The number of nitrogens with zero attached hydrogens (tertiary/aromatic N) is 1. The summed E-state index contributed by atoms with van der Waals surface area (Å²) in [6.07, 6.45) is 6.51. The largest absolute Gasteiger partial charge is 0.375 e. The van der Waals surface area contributed by atoms with Gasteiger partial charge in [0.25, 0.3) is 5.69 Å². The van der Waals surface area contributed by atoms with E-state index in [0.29, 0.717) is 17.1 Å². The zero-order chi connectivity index (χ0) is 12.8. The van der Waals surface area contributed by atoms with Gasteiger partial charge in [-0.15, -0.1) is 12.3 Å². The molecule has 0 aliphatic carbocycles. The number of hydrogen-bond acceptors (Lipinski definition) is 3. The van der Waals surface area contributed by atoms with Crippen LogP contribution in [0.3, 0.4) is 0 Å². The van der Waals surface area contributed by atoms with Crippen molar-refractivity contribution in [1.29, 1.82) is 0 Å². The molecule has 1 unspecified atom stereocenters. The molecule has 0 fully saturated rings. The average Bonchev–Trinajstić information content (AvgIpc) is 2.30. The van der Waals surface area contributed by atoms with Crippen molar-refractivity contribution in [3.05, 3.63) is 33.3 Å². The van der Waals surface area contributed by atoms with Gasteiger partial charge in [-0.25, -0.2) is 0 Å². The van der Waals surface area contributed by atoms with E-state index in [4.69, 9.17) is 18.0 Å². The van der Waals surface area contributed by atoms with Gasteiger partial charge in [-0.3, -0.25) is 10.1 Å². The van der Waals surface area contributed by atoms with Gasteiger partial charge in [-0.1, -0.05) is 24.6 Å². The van der Waals surface area contributed by atoms with Crippen molar-refractivity contribution in [2.24, 2.45) is 0 Å². The Kier molecular flexibility index (Phi) is 4.80. The zero-order valence-corrected chi connectivity index (χ0v) is 10.2. The maximum Gasteiger partial charge on any atom is 0.293 e. The van der Waals surface area contributed by atoms with E-state index >= 15 is 0 Å². The topological polar surface area (TPSA) is 55.2 Å². The second-order valence-electron chi connectivity index (χ2n) is 3.55. The summed E-state index contributed by atoms with van der Waals surface area (Å²) in [5.74, 6) is 2.53. The third-order valence-corrected chi connectivity index (χ3v) is 2.71. The van der Waals surface area contributed by atoms with Gasteiger partial charge >= 0.3 is 0 Å². The molecule has 1 aromatic rings. The van der Waals surface area contributed by atoms with E-state index in [1.54, 1.807) is 12.1 Å². The number of rotatable bonds is 5. The molecule has 0 bridgehead atoms. The van der Waals surface area contributed by atoms with Gasteiger partial charge in [0.1, 0.15) is 5.69 Å². The predicted octanol–water partition coefficient (Wildman–Crippen LogP) is 3.46. The van der Waals surface area contributed by atoms with Gasteiger partial charge in [-0.2, -0.15) is 0 Å². The van der Waals surface area contributed by atoms with Crippen molar-refractivity contribution in [3.8, 4) is 12.3 Å². The highest BCUT2D eigenvalue weighted by Crippen LogP contribution is 2.32. The van der Waals surface area contributed by atoms with E-state index in [1.165, 1.54) is 6.07 Å². The van der Waals surface area contributed by atoms with Crippen molar-refractivity contribution < 1.29 is 4.92 Å². The SMILES string of the molecule is C#CCC(CC)Nc1c(Cl)cccc1[N+](=O)[O-]. The first-order valence-corrected chi connectivity index (χ1v) is 5.60. The summed E-state index contributed by atoms with van der Waals surface area (Å²) in [5.41, 5.74) is 0.300.